The third kappa shape index (κ3) is 4.01. The summed E-state index contributed by atoms with van der Waals surface area (Å²) < 4.78 is 6.12. The number of aromatic hydroxyl groups is 1. The molecule has 2 heterocycles. The average Bonchev–Trinajstić information content (AvgIpc) is 2.68. The summed E-state index contributed by atoms with van der Waals surface area (Å²) in [6, 6.07) is 14.3. The molecule has 4 nitrogen and oxygen atoms in total. The van der Waals surface area contributed by atoms with Gasteiger partial charge in [0.25, 0.3) is 0 Å². The van der Waals surface area contributed by atoms with Crippen molar-refractivity contribution in [1.29, 1.82) is 0 Å². The van der Waals surface area contributed by atoms with Gasteiger partial charge < -0.3 is 14.7 Å². The summed E-state index contributed by atoms with van der Waals surface area (Å²) in [5.41, 5.74) is 2.67. The van der Waals surface area contributed by atoms with Gasteiger partial charge in [0.05, 0.1) is 17.4 Å². The molecule has 1 fully saturated rings. The molecule has 1 N–H and O–H groups in total. The van der Waals surface area contributed by atoms with E-state index in [0.717, 1.165) is 44.3 Å². The van der Waals surface area contributed by atoms with Crippen LogP contribution in [-0.4, -0.2) is 29.6 Å². The van der Waals surface area contributed by atoms with Crippen molar-refractivity contribution in [3.8, 4) is 11.5 Å². The van der Waals surface area contributed by atoms with Crippen molar-refractivity contribution in [1.82, 2.24) is 0 Å². The van der Waals surface area contributed by atoms with Crippen molar-refractivity contribution in [3.63, 3.8) is 0 Å². The lowest BCUT2D eigenvalue weighted by atomic mass is 9.88. The Morgan fingerprint density at radius 2 is 2.04 bits per heavy atom. The van der Waals surface area contributed by atoms with Crippen LogP contribution in [0.3, 0.4) is 0 Å². The van der Waals surface area contributed by atoms with Crippen LogP contribution in [0.2, 0.25) is 0 Å². The molecule has 0 aliphatic carbocycles. The maximum atomic E-state index is 12.5. The topological polar surface area (TPSA) is 49.8 Å². The summed E-state index contributed by atoms with van der Waals surface area (Å²) in [5, 5.41) is 10.5. The highest BCUT2D eigenvalue weighted by atomic mass is 16.5. The zero-order valence-electron chi connectivity index (χ0n) is 16.6. The number of hydrogen-bond acceptors (Lipinski definition) is 4. The lowest BCUT2D eigenvalue weighted by Gasteiger charge is -2.41. The SMILES string of the molecule is C[C@@H](CCCc1ccccc1)Oc1cc(O)c2c(c1)N1CCCC[C@H]1CC2=O. The molecule has 0 radical (unpaired) electrons. The van der Waals surface area contributed by atoms with Crippen molar-refractivity contribution in [2.75, 3.05) is 11.4 Å². The molecule has 148 valence electrons. The van der Waals surface area contributed by atoms with Gasteiger partial charge in [0.2, 0.25) is 0 Å². The molecule has 4 heteroatoms. The van der Waals surface area contributed by atoms with Crippen molar-refractivity contribution >= 4 is 11.5 Å². The number of carbonyl (C=O) groups is 1. The molecule has 2 aliphatic heterocycles. The lowest BCUT2D eigenvalue weighted by Crippen LogP contribution is -2.44. The predicted octanol–water partition coefficient (Wildman–Crippen LogP) is 5.13. The van der Waals surface area contributed by atoms with Crippen LogP contribution in [0.25, 0.3) is 0 Å². The molecule has 2 atom stereocenters. The smallest absolute Gasteiger partial charge is 0.170 e. The maximum absolute atomic E-state index is 12.5. The number of carbonyl (C=O) groups excluding carboxylic acids is 1. The monoisotopic (exact) mass is 379 g/mol. The summed E-state index contributed by atoms with van der Waals surface area (Å²) in [6.07, 6.45) is 6.94. The van der Waals surface area contributed by atoms with Gasteiger partial charge in [-0.1, -0.05) is 30.3 Å². The van der Waals surface area contributed by atoms with E-state index in [2.05, 4.69) is 36.1 Å². The number of phenolic OH excluding ortho intramolecular Hbond substituents is 1. The first-order valence-corrected chi connectivity index (χ1v) is 10.5. The molecule has 2 aliphatic rings. The average molecular weight is 380 g/mol. The number of benzene rings is 2. The number of anilines is 1. The van der Waals surface area contributed by atoms with Gasteiger partial charge in [-0.15, -0.1) is 0 Å². The second-order valence-electron chi connectivity index (χ2n) is 8.11. The molecular weight excluding hydrogens is 350 g/mol. The molecule has 2 aromatic rings. The Morgan fingerprint density at radius 1 is 1.21 bits per heavy atom. The first-order valence-electron chi connectivity index (χ1n) is 10.5. The fraction of sp³-hybridized carbons (Fsp3) is 0.458. The molecular formula is C24H29NO3. The maximum Gasteiger partial charge on any atom is 0.170 e. The van der Waals surface area contributed by atoms with E-state index in [1.165, 1.54) is 12.0 Å². The number of ketones is 1. The highest BCUT2D eigenvalue weighted by molar-refractivity contribution is 6.06. The molecule has 0 saturated carbocycles. The standard InChI is InChI=1S/C24H29NO3/c1-17(8-7-11-18-9-3-2-4-10-18)28-20-15-21-24(23(27)16-20)22(26)14-19-12-5-6-13-25(19)21/h2-4,9-10,15-17,19,27H,5-8,11-14H2,1H3/t17-,19-/m0/s1. The van der Waals surface area contributed by atoms with E-state index in [1.54, 1.807) is 6.07 Å². The van der Waals surface area contributed by atoms with E-state index in [4.69, 9.17) is 4.74 Å². The third-order valence-corrected chi connectivity index (χ3v) is 5.96. The van der Waals surface area contributed by atoms with Gasteiger partial charge in [0.15, 0.2) is 5.78 Å². The van der Waals surface area contributed by atoms with E-state index in [-0.39, 0.29) is 23.7 Å². The minimum Gasteiger partial charge on any atom is -0.507 e. The number of nitrogens with zero attached hydrogens (tertiary/aromatic N) is 1. The van der Waals surface area contributed by atoms with Crippen molar-refractivity contribution in [3.05, 3.63) is 53.6 Å². The summed E-state index contributed by atoms with van der Waals surface area (Å²) in [6.45, 7) is 3.01. The van der Waals surface area contributed by atoms with Crippen LogP contribution in [0.1, 0.15) is 61.4 Å². The second kappa shape index (κ2) is 8.26. The number of phenols is 1. The molecule has 0 amide bonds. The van der Waals surface area contributed by atoms with E-state index in [9.17, 15) is 9.90 Å². The van der Waals surface area contributed by atoms with Gasteiger partial charge in [-0.05, 0) is 51.0 Å². The fourth-order valence-electron chi connectivity index (χ4n) is 4.54. The Labute approximate surface area is 167 Å². The second-order valence-corrected chi connectivity index (χ2v) is 8.11. The van der Waals surface area contributed by atoms with Crippen LogP contribution in [0.15, 0.2) is 42.5 Å². The van der Waals surface area contributed by atoms with Crippen LogP contribution >= 0.6 is 0 Å². The van der Waals surface area contributed by atoms with Crippen molar-refractivity contribution < 1.29 is 14.6 Å². The zero-order chi connectivity index (χ0) is 19.5. The molecule has 4 rings (SSSR count). The fourth-order valence-corrected chi connectivity index (χ4v) is 4.54. The van der Waals surface area contributed by atoms with Gasteiger partial charge in [-0.3, -0.25) is 4.79 Å². The molecule has 0 unspecified atom stereocenters. The van der Waals surface area contributed by atoms with Crippen LogP contribution in [0.5, 0.6) is 11.5 Å². The van der Waals surface area contributed by atoms with E-state index in [0.29, 0.717) is 17.7 Å². The van der Waals surface area contributed by atoms with E-state index < -0.39 is 0 Å². The summed E-state index contributed by atoms with van der Waals surface area (Å²) in [5.74, 6) is 0.763. The molecule has 2 aromatic carbocycles. The van der Waals surface area contributed by atoms with Crippen LogP contribution in [0, 0.1) is 0 Å². The third-order valence-electron chi connectivity index (χ3n) is 5.96. The summed E-state index contributed by atoms with van der Waals surface area (Å²) in [4.78, 5) is 14.8. The molecule has 0 bridgehead atoms. The highest BCUT2D eigenvalue weighted by Crippen LogP contribution is 2.42. The van der Waals surface area contributed by atoms with E-state index >= 15 is 0 Å². The Bertz CT molecular complexity index is 833. The largest absolute Gasteiger partial charge is 0.507 e. The minimum absolute atomic E-state index is 0.0533. The van der Waals surface area contributed by atoms with E-state index in [1.807, 2.05) is 12.1 Å². The number of aryl methyl sites for hydroxylation is 1. The number of piperidine rings is 1. The number of rotatable bonds is 6. The Morgan fingerprint density at radius 3 is 2.86 bits per heavy atom. The number of Topliss-reactive ketones (excluding diaryl/α,β-unsaturated/α-hetero) is 1. The highest BCUT2D eigenvalue weighted by Gasteiger charge is 2.35. The summed E-state index contributed by atoms with van der Waals surface area (Å²) in [7, 11) is 0. The Balaban J connectivity index is 1.44. The Hall–Kier alpha value is -2.49. The van der Waals surface area contributed by atoms with Crippen molar-refractivity contribution in [2.24, 2.45) is 0 Å². The van der Waals surface area contributed by atoms with Crippen LogP contribution in [0.4, 0.5) is 5.69 Å². The zero-order valence-corrected chi connectivity index (χ0v) is 16.6. The molecule has 0 spiro atoms. The van der Waals surface area contributed by atoms with Crippen LogP contribution in [-0.2, 0) is 6.42 Å². The summed E-state index contributed by atoms with van der Waals surface area (Å²) >= 11 is 0. The number of fused-ring (bicyclic) bond motifs is 3. The first-order chi connectivity index (χ1) is 13.6. The number of ether oxygens (including phenoxy) is 1. The number of hydrogen-bond donors (Lipinski definition) is 1. The van der Waals surface area contributed by atoms with Crippen LogP contribution < -0.4 is 9.64 Å². The predicted molar refractivity (Wildman–Crippen MR) is 112 cm³/mol. The normalized spacial score (nSPS) is 19.7. The molecule has 0 aromatic heterocycles. The van der Waals surface area contributed by atoms with Gasteiger partial charge in [0, 0.05) is 31.1 Å². The molecule has 28 heavy (non-hydrogen) atoms. The lowest BCUT2D eigenvalue weighted by molar-refractivity contribution is 0.0958. The molecule has 1 saturated heterocycles. The minimum atomic E-state index is 0.0533. The van der Waals surface area contributed by atoms with Gasteiger partial charge in [0.1, 0.15) is 11.5 Å². The van der Waals surface area contributed by atoms with Gasteiger partial charge in [-0.25, -0.2) is 0 Å². The Kier molecular flexibility index (Phi) is 5.56. The van der Waals surface area contributed by atoms with Gasteiger partial charge in [-0.2, -0.15) is 0 Å². The quantitative estimate of drug-likeness (QED) is 0.756. The van der Waals surface area contributed by atoms with Gasteiger partial charge >= 0.3 is 0 Å². The van der Waals surface area contributed by atoms with Crippen molar-refractivity contribution in [2.45, 2.75) is 64.0 Å². The first kappa shape index (κ1) is 18.9.